The molecule has 0 aromatic heterocycles. The third-order valence-electron chi connectivity index (χ3n) is 1.77. The summed E-state index contributed by atoms with van der Waals surface area (Å²) < 4.78 is 73.9. The molecule has 0 saturated carbocycles. The first kappa shape index (κ1) is 14.8. The zero-order chi connectivity index (χ0) is 14.1. The fraction of sp³-hybridized carbons (Fsp3) is 0.250. The highest BCUT2D eigenvalue weighted by Gasteiger charge is 2.26. The normalized spacial score (nSPS) is 12.7. The van der Waals surface area contributed by atoms with Crippen LogP contribution in [0.5, 0.6) is 5.75 Å². The van der Waals surface area contributed by atoms with E-state index in [4.69, 9.17) is 5.14 Å². The fourth-order valence-corrected chi connectivity index (χ4v) is 2.63. The van der Waals surface area contributed by atoms with Crippen molar-refractivity contribution < 1.29 is 29.8 Å². The molecule has 0 unspecified atom stereocenters. The minimum Gasteiger partial charge on any atom is -0.381 e. The Morgan fingerprint density at radius 3 is 2.17 bits per heavy atom. The minimum atomic E-state index is -4.55. The summed E-state index contributed by atoms with van der Waals surface area (Å²) >= 11 is 0. The summed E-state index contributed by atoms with van der Waals surface area (Å²) in [7, 11) is -8.62. The Kier molecular flexibility index (Phi) is 3.93. The van der Waals surface area contributed by atoms with Crippen LogP contribution in [-0.4, -0.2) is 23.1 Å². The number of nitrogens with two attached hydrogens (primary N) is 1. The molecule has 0 radical (unpaired) electrons. The molecule has 0 heterocycles. The standard InChI is InChI=1S/C8H9F2NO5S2/c1-17(12,13)16-6-4-2-3-5(8(9)10)7(6)18(11,14)15/h2-4,8H,1H3,(H2,11,14,15). The van der Waals surface area contributed by atoms with Crippen LogP contribution < -0.4 is 9.32 Å². The summed E-state index contributed by atoms with van der Waals surface area (Å²) in [6.07, 6.45) is -2.49. The van der Waals surface area contributed by atoms with Gasteiger partial charge in [-0.25, -0.2) is 22.3 Å². The molecule has 1 aromatic rings. The largest absolute Gasteiger partial charge is 0.381 e. The zero-order valence-corrected chi connectivity index (χ0v) is 10.6. The highest BCUT2D eigenvalue weighted by atomic mass is 32.2. The van der Waals surface area contributed by atoms with Crippen LogP contribution in [0.25, 0.3) is 0 Å². The summed E-state index contributed by atoms with van der Waals surface area (Å²) in [6, 6.07) is 2.78. The van der Waals surface area contributed by atoms with Crippen molar-refractivity contribution in [2.45, 2.75) is 11.3 Å². The molecule has 0 saturated heterocycles. The number of sulfonamides is 1. The summed E-state index contributed by atoms with van der Waals surface area (Å²) in [5.74, 6) is -0.752. The molecule has 0 bridgehead atoms. The van der Waals surface area contributed by atoms with Gasteiger partial charge in [0.05, 0.1) is 6.26 Å². The molecular formula is C8H9F2NO5S2. The monoisotopic (exact) mass is 301 g/mol. The van der Waals surface area contributed by atoms with E-state index >= 15 is 0 Å². The molecule has 2 N–H and O–H groups in total. The number of hydrogen-bond donors (Lipinski definition) is 1. The Morgan fingerprint density at radius 2 is 1.78 bits per heavy atom. The van der Waals surface area contributed by atoms with Gasteiger partial charge in [-0.05, 0) is 6.07 Å². The SMILES string of the molecule is CS(=O)(=O)Oc1cccc(C(F)F)c1S(N)(=O)=O. The molecule has 0 aliphatic heterocycles. The first-order chi connectivity index (χ1) is 8.02. The number of benzene rings is 1. The van der Waals surface area contributed by atoms with Crippen molar-refractivity contribution >= 4 is 20.1 Å². The van der Waals surface area contributed by atoms with Gasteiger partial charge in [0.1, 0.15) is 4.90 Å². The van der Waals surface area contributed by atoms with E-state index in [9.17, 15) is 25.6 Å². The first-order valence-corrected chi connectivity index (χ1v) is 7.72. The second-order valence-corrected chi connectivity index (χ2v) is 6.38. The lowest BCUT2D eigenvalue weighted by atomic mass is 10.2. The van der Waals surface area contributed by atoms with E-state index < -0.39 is 42.8 Å². The van der Waals surface area contributed by atoms with Crippen LogP contribution in [-0.2, 0) is 20.1 Å². The second kappa shape index (κ2) is 4.78. The highest BCUT2D eigenvalue weighted by Crippen LogP contribution is 2.33. The van der Waals surface area contributed by atoms with Gasteiger partial charge in [0, 0.05) is 5.56 Å². The molecule has 10 heteroatoms. The van der Waals surface area contributed by atoms with Gasteiger partial charge in [-0.3, -0.25) is 0 Å². The summed E-state index contributed by atoms with van der Waals surface area (Å²) in [4.78, 5) is -1.04. The lowest BCUT2D eigenvalue weighted by Crippen LogP contribution is -2.18. The molecule has 1 aromatic carbocycles. The summed E-state index contributed by atoms with van der Waals surface area (Å²) in [5, 5.41) is 4.78. The third kappa shape index (κ3) is 3.62. The minimum absolute atomic E-state index is 0.648. The van der Waals surface area contributed by atoms with Gasteiger partial charge < -0.3 is 4.18 Å². The van der Waals surface area contributed by atoms with Crippen molar-refractivity contribution in [3.05, 3.63) is 23.8 Å². The smallest absolute Gasteiger partial charge is 0.306 e. The molecule has 18 heavy (non-hydrogen) atoms. The zero-order valence-electron chi connectivity index (χ0n) is 9.00. The van der Waals surface area contributed by atoms with Crippen LogP contribution in [0.15, 0.2) is 23.1 Å². The maximum atomic E-state index is 12.6. The van der Waals surface area contributed by atoms with E-state index in [2.05, 4.69) is 4.18 Å². The molecule has 0 spiro atoms. The van der Waals surface area contributed by atoms with Crippen LogP contribution in [0, 0.1) is 0 Å². The number of halogens is 2. The molecule has 0 amide bonds. The second-order valence-electron chi connectivity index (χ2n) is 3.31. The molecule has 0 aliphatic rings. The van der Waals surface area contributed by atoms with Gasteiger partial charge in [-0.15, -0.1) is 0 Å². The number of rotatable bonds is 4. The van der Waals surface area contributed by atoms with Gasteiger partial charge in [0.15, 0.2) is 5.75 Å². The molecule has 1 rings (SSSR count). The lowest BCUT2D eigenvalue weighted by Gasteiger charge is -2.11. The van der Waals surface area contributed by atoms with Crippen molar-refractivity contribution in [3.8, 4) is 5.75 Å². The van der Waals surface area contributed by atoms with Gasteiger partial charge in [-0.2, -0.15) is 8.42 Å². The third-order valence-corrected chi connectivity index (χ3v) is 3.26. The molecule has 6 nitrogen and oxygen atoms in total. The Hall–Kier alpha value is -1.26. The van der Waals surface area contributed by atoms with Gasteiger partial charge in [0.25, 0.3) is 6.43 Å². The average Bonchev–Trinajstić information content (AvgIpc) is 2.12. The van der Waals surface area contributed by atoms with Crippen molar-refractivity contribution in [1.82, 2.24) is 0 Å². The Morgan fingerprint density at radius 1 is 1.22 bits per heavy atom. The first-order valence-electron chi connectivity index (χ1n) is 4.35. The maximum Gasteiger partial charge on any atom is 0.306 e. The van der Waals surface area contributed by atoms with Crippen LogP contribution in [0.2, 0.25) is 0 Å². The fourth-order valence-electron chi connectivity index (χ4n) is 1.24. The molecular weight excluding hydrogens is 292 g/mol. The van der Waals surface area contributed by atoms with E-state index in [1.54, 1.807) is 0 Å². The van der Waals surface area contributed by atoms with E-state index in [1.165, 1.54) is 0 Å². The molecule has 0 aliphatic carbocycles. The Labute approximate surface area is 103 Å². The predicted molar refractivity (Wildman–Crippen MR) is 58.2 cm³/mol. The Balaban J connectivity index is 3.58. The predicted octanol–water partition coefficient (Wildman–Crippen LogP) is 0.610. The van der Waals surface area contributed by atoms with Crippen LogP contribution in [0.3, 0.4) is 0 Å². The highest BCUT2D eigenvalue weighted by molar-refractivity contribution is 7.89. The van der Waals surface area contributed by atoms with Gasteiger partial charge in [0.2, 0.25) is 10.0 Å². The van der Waals surface area contributed by atoms with Crippen molar-refractivity contribution in [2.75, 3.05) is 6.26 Å². The van der Waals surface area contributed by atoms with E-state index in [0.717, 1.165) is 18.2 Å². The van der Waals surface area contributed by atoms with Crippen molar-refractivity contribution in [2.24, 2.45) is 5.14 Å². The topological polar surface area (TPSA) is 104 Å². The quantitative estimate of drug-likeness (QED) is 0.821. The van der Waals surface area contributed by atoms with Gasteiger partial charge in [-0.1, -0.05) is 12.1 Å². The van der Waals surface area contributed by atoms with E-state index in [1.807, 2.05) is 0 Å². The maximum absolute atomic E-state index is 12.6. The molecule has 0 fully saturated rings. The number of primary sulfonamides is 1. The average molecular weight is 301 g/mol. The van der Waals surface area contributed by atoms with E-state index in [0.29, 0.717) is 6.26 Å². The van der Waals surface area contributed by atoms with Crippen LogP contribution in [0.4, 0.5) is 8.78 Å². The molecule has 0 atom stereocenters. The van der Waals surface area contributed by atoms with E-state index in [-0.39, 0.29) is 0 Å². The van der Waals surface area contributed by atoms with Crippen molar-refractivity contribution in [1.29, 1.82) is 0 Å². The number of hydrogen-bond acceptors (Lipinski definition) is 5. The number of alkyl halides is 2. The lowest BCUT2D eigenvalue weighted by molar-refractivity contribution is 0.147. The van der Waals surface area contributed by atoms with Crippen LogP contribution in [0.1, 0.15) is 12.0 Å². The van der Waals surface area contributed by atoms with Crippen molar-refractivity contribution in [3.63, 3.8) is 0 Å². The van der Waals surface area contributed by atoms with Crippen LogP contribution >= 0.6 is 0 Å². The summed E-state index contributed by atoms with van der Waals surface area (Å²) in [5.41, 5.74) is -0.918. The molecule has 102 valence electrons. The van der Waals surface area contributed by atoms with Gasteiger partial charge >= 0.3 is 10.1 Å². The summed E-state index contributed by atoms with van der Waals surface area (Å²) in [6.45, 7) is 0. The Bertz CT molecular complexity index is 654.